The number of nitrogens with zero attached hydrogens (tertiary/aromatic N) is 1. The maximum atomic E-state index is 11.7. The zero-order valence-corrected chi connectivity index (χ0v) is 9.87. The SMILES string of the molecule is CCCCC(=O)CC1CN2CCC1CC2. The van der Waals surface area contributed by atoms with Gasteiger partial charge in [0.25, 0.3) is 0 Å². The summed E-state index contributed by atoms with van der Waals surface area (Å²) in [5.41, 5.74) is 0. The van der Waals surface area contributed by atoms with E-state index in [-0.39, 0.29) is 0 Å². The van der Waals surface area contributed by atoms with Crippen molar-refractivity contribution in [2.24, 2.45) is 11.8 Å². The largest absolute Gasteiger partial charge is 0.303 e. The second kappa shape index (κ2) is 5.11. The van der Waals surface area contributed by atoms with Crippen LogP contribution in [0.4, 0.5) is 0 Å². The van der Waals surface area contributed by atoms with E-state index in [0.717, 1.165) is 31.6 Å². The van der Waals surface area contributed by atoms with Crippen LogP contribution < -0.4 is 0 Å². The third-order valence-electron chi connectivity index (χ3n) is 4.09. The molecule has 2 nitrogen and oxygen atoms in total. The summed E-state index contributed by atoms with van der Waals surface area (Å²) in [6, 6.07) is 0. The topological polar surface area (TPSA) is 20.3 Å². The highest BCUT2D eigenvalue weighted by Crippen LogP contribution is 2.34. The molecule has 2 bridgehead atoms. The lowest BCUT2D eigenvalue weighted by Crippen LogP contribution is -2.47. The average molecular weight is 209 g/mol. The van der Waals surface area contributed by atoms with Crippen molar-refractivity contribution in [3.63, 3.8) is 0 Å². The van der Waals surface area contributed by atoms with Crippen molar-refractivity contribution in [1.29, 1.82) is 0 Å². The van der Waals surface area contributed by atoms with Gasteiger partial charge < -0.3 is 4.90 Å². The lowest BCUT2D eigenvalue weighted by molar-refractivity contribution is -0.121. The molecule has 2 heteroatoms. The average Bonchev–Trinajstić information content (AvgIpc) is 2.28. The summed E-state index contributed by atoms with van der Waals surface area (Å²) in [4.78, 5) is 14.3. The smallest absolute Gasteiger partial charge is 0.133 e. The van der Waals surface area contributed by atoms with E-state index in [4.69, 9.17) is 0 Å². The Morgan fingerprint density at radius 2 is 2.07 bits per heavy atom. The normalized spacial score (nSPS) is 34.3. The van der Waals surface area contributed by atoms with Crippen LogP contribution in [0.25, 0.3) is 0 Å². The van der Waals surface area contributed by atoms with Gasteiger partial charge in [-0.15, -0.1) is 0 Å². The number of carbonyl (C=O) groups is 1. The molecule has 1 atom stereocenters. The minimum Gasteiger partial charge on any atom is -0.303 e. The van der Waals surface area contributed by atoms with E-state index in [1.807, 2.05) is 0 Å². The van der Waals surface area contributed by atoms with Gasteiger partial charge in [-0.1, -0.05) is 13.3 Å². The second-order valence-electron chi connectivity index (χ2n) is 5.24. The Hall–Kier alpha value is -0.370. The first-order valence-corrected chi connectivity index (χ1v) is 6.53. The van der Waals surface area contributed by atoms with Gasteiger partial charge in [0.15, 0.2) is 0 Å². The van der Waals surface area contributed by atoms with Crippen LogP contribution in [0.1, 0.15) is 45.4 Å². The molecular weight excluding hydrogens is 186 g/mol. The van der Waals surface area contributed by atoms with Gasteiger partial charge in [0.1, 0.15) is 5.78 Å². The first-order valence-electron chi connectivity index (χ1n) is 6.53. The van der Waals surface area contributed by atoms with Crippen LogP contribution in [0, 0.1) is 11.8 Å². The number of rotatable bonds is 5. The van der Waals surface area contributed by atoms with E-state index in [0.29, 0.717) is 11.7 Å². The van der Waals surface area contributed by atoms with Crippen LogP contribution in [0.15, 0.2) is 0 Å². The van der Waals surface area contributed by atoms with Crippen LogP contribution in [0.2, 0.25) is 0 Å². The quantitative estimate of drug-likeness (QED) is 0.693. The molecule has 86 valence electrons. The Kier molecular flexibility index (Phi) is 3.79. The summed E-state index contributed by atoms with van der Waals surface area (Å²) in [6.07, 6.45) is 6.59. The molecule has 3 saturated heterocycles. The van der Waals surface area contributed by atoms with Gasteiger partial charge in [0.2, 0.25) is 0 Å². The number of Topliss-reactive ketones (excluding diaryl/α,β-unsaturated/α-hetero) is 1. The fourth-order valence-corrected chi connectivity index (χ4v) is 3.09. The number of hydrogen-bond donors (Lipinski definition) is 0. The standard InChI is InChI=1S/C13H23NO/c1-2-3-4-13(15)9-12-10-14-7-5-11(12)6-8-14/h11-12H,2-10H2,1H3. The molecule has 0 radical (unpaired) electrons. The zero-order valence-electron chi connectivity index (χ0n) is 9.87. The van der Waals surface area contributed by atoms with Crippen molar-refractivity contribution >= 4 is 5.78 Å². The van der Waals surface area contributed by atoms with Crippen molar-refractivity contribution in [3.8, 4) is 0 Å². The summed E-state index contributed by atoms with van der Waals surface area (Å²) >= 11 is 0. The minimum absolute atomic E-state index is 0.510. The molecule has 0 aromatic heterocycles. The number of piperidine rings is 3. The van der Waals surface area contributed by atoms with Gasteiger partial charge in [0.05, 0.1) is 0 Å². The van der Waals surface area contributed by atoms with Crippen molar-refractivity contribution in [2.45, 2.75) is 45.4 Å². The third kappa shape index (κ3) is 2.81. The molecule has 0 amide bonds. The van der Waals surface area contributed by atoms with Crippen molar-refractivity contribution in [2.75, 3.05) is 19.6 Å². The summed E-state index contributed by atoms with van der Waals surface area (Å²) in [7, 11) is 0. The van der Waals surface area contributed by atoms with Gasteiger partial charge >= 0.3 is 0 Å². The van der Waals surface area contributed by atoms with Gasteiger partial charge in [0, 0.05) is 19.4 Å². The maximum Gasteiger partial charge on any atom is 0.133 e. The molecule has 1 unspecified atom stereocenters. The predicted molar refractivity (Wildman–Crippen MR) is 61.8 cm³/mol. The van der Waals surface area contributed by atoms with E-state index >= 15 is 0 Å². The highest BCUT2D eigenvalue weighted by atomic mass is 16.1. The number of ketones is 1. The molecule has 3 aliphatic heterocycles. The highest BCUT2D eigenvalue weighted by molar-refractivity contribution is 5.78. The fourth-order valence-electron chi connectivity index (χ4n) is 3.09. The lowest BCUT2D eigenvalue weighted by Gasteiger charge is -2.44. The highest BCUT2D eigenvalue weighted by Gasteiger charge is 2.34. The van der Waals surface area contributed by atoms with Crippen molar-refractivity contribution in [3.05, 3.63) is 0 Å². The third-order valence-corrected chi connectivity index (χ3v) is 4.09. The molecule has 0 aromatic carbocycles. The number of carbonyl (C=O) groups excluding carboxylic acids is 1. The predicted octanol–water partition coefficient (Wildman–Crippen LogP) is 2.48. The van der Waals surface area contributed by atoms with E-state index in [9.17, 15) is 4.79 Å². The molecule has 3 fully saturated rings. The summed E-state index contributed by atoms with van der Waals surface area (Å²) < 4.78 is 0. The molecule has 3 heterocycles. The molecule has 0 saturated carbocycles. The van der Waals surface area contributed by atoms with Gasteiger partial charge in [-0.3, -0.25) is 4.79 Å². The van der Waals surface area contributed by atoms with Crippen LogP contribution in [-0.4, -0.2) is 30.3 Å². The Bertz CT molecular complexity index is 219. The van der Waals surface area contributed by atoms with Crippen LogP contribution >= 0.6 is 0 Å². The van der Waals surface area contributed by atoms with Crippen molar-refractivity contribution < 1.29 is 4.79 Å². The molecule has 0 N–H and O–H groups in total. The summed E-state index contributed by atoms with van der Waals surface area (Å²) in [5, 5.41) is 0. The Morgan fingerprint density at radius 1 is 1.33 bits per heavy atom. The van der Waals surface area contributed by atoms with Crippen LogP contribution in [0.5, 0.6) is 0 Å². The van der Waals surface area contributed by atoms with E-state index in [1.165, 1.54) is 32.5 Å². The zero-order chi connectivity index (χ0) is 10.7. The first-order chi connectivity index (χ1) is 7.29. The number of fused-ring (bicyclic) bond motifs is 3. The Balaban J connectivity index is 1.77. The lowest BCUT2D eigenvalue weighted by atomic mass is 9.76. The molecule has 15 heavy (non-hydrogen) atoms. The number of unbranched alkanes of at least 4 members (excludes halogenated alkanes) is 1. The van der Waals surface area contributed by atoms with Crippen LogP contribution in [-0.2, 0) is 4.79 Å². The monoisotopic (exact) mass is 209 g/mol. The molecule has 0 spiro atoms. The Labute approximate surface area is 93.0 Å². The van der Waals surface area contributed by atoms with Crippen LogP contribution in [0.3, 0.4) is 0 Å². The Morgan fingerprint density at radius 3 is 2.60 bits per heavy atom. The molecular formula is C13H23NO. The minimum atomic E-state index is 0.510. The van der Waals surface area contributed by atoms with Gasteiger partial charge in [-0.2, -0.15) is 0 Å². The molecule has 0 aromatic rings. The summed E-state index contributed by atoms with van der Waals surface area (Å²) in [5.74, 6) is 2.06. The molecule has 3 rings (SSSR count). The molecule has 3 aliphatic rings. The van der Waals surface area contributed by atoms with Gasteiger partial charge in [-0.05, 0) is 44.2 Å². The number of hydrogen-bond acceptors (Lipinski definition) is 2. The summed E-state index contributed by atoms with van der Waals surface area (Å²) in [6.45, 7) is 5.92. The second-order valence-corrected chi connectivity index (χ2v) is 5.24. The van der Waals surface area contributed by atoms with Crippen molar-refractivity contribution in [1.82, 2.24) is 4.90 Å². The molecule has 0 aliphatic carbocycles. The first kappa shape index (κ1) is 11.1. The van der Waals surface area contributed by atoms with Gasteiger partial charge in [-0.25, -0.2) is 0 Å². The van der Waals surface area contributed by atoms with E-state index in [1.54, 1.807) is 0 Å². The van der Waals surface area contributed by atoms with E-state index in [2.05, 4.69) is 11.8 Å². The van der Waals surface area contributed by atoms with E-state index < -0.39 is 0 Å². The maximum absolute atomic E-state index is 11.7. The fraction of sp³-hybridized carbons (Fsp3) is 0.923.